The summed E-state index contributed by atoms with van der Waals surface area (Å²) in [5.41, 5.74) is 1.21. The Morgan fingerprint density at radius 1 is 1.20 bits per heavy atom. The summed E-state index contributed by atoms with van der Waals surface area (Å²) in [5, 5.41) is 0. The molecule has 0 aliphatic carbocycles. The maximum absolute atomic E-state index is 3.59. The molecule has 0 aromatic rings. The van der Waals surface area contributed by atoms with Crippen molar-refractivity contribution in [3.63, 3.8) is 0 Å². The molecular formula is C10H14. The molecule has 0 fully saturated rings. The fraction of sp³-hybridized carbons (Fsp3) is 0.200. The molecule has 0 heteroatoms. The van der Waals surface area contributed by atoms with Crippen molar-refractivity contribution in [2.75, 3.05) is 0 Å². The van der Waals surface area contributed by atoms with Gasteiger partial charge in [-0.3, -0.25) is 0 Å². The van der Waals surface area contributed by atoms with E-state index in [1.807, 2.05) is 32.1 Å². The van der Waals surface area contributed by atoms with E-state index in [9.17, 15) is 0 Å². The van der Waals surface area contributed by atoms with Gasteiger partial charge in [0.05, 0.1) is 0 Å². The molecule has 0 radical (unpaired) electrons. The highest BCUT2D eigenvalue weighted by molar-refractivity contribution is 5.31. The molecule has 0 unspecified atom stereocenters. The SMILES string of the molecule is C=C\C=C/C(=C\C)/C=C/C. The molecule has 0 rings (SSSR count). The van der Waals surface area contributed by atoms with Gasteiger partial charge in [-0.2, -0.15) is 0 Å². The fourth-order valence-electron chi connectivity index (χ4n) is 0.620. The molecular weight excluding hydrogens is 120 g/mol. The molecule has 0 aromatic carbocycles. The first-order valence-electron chi connectivity index (χ1n) is 3.43. The lowest BCUT2D eigenvalue weighted by molar-refractivity contribution is 1.57. The minimum Gasteiger partial charge on any atom is -0.0991 e. The average molecular weight is 134 g/mol. The molecule has 0 aromatic heterocycles. The summed E-state index contributed by atoms with van der Waals surface area (Å²) in [6.07, 6.45) is 11.8. The Bertz CT molecular complexity index is 168. The van der Waals surface area contributed by atoms with Gasteiger partial charge in [-0.15, -0.1) is 0 Å². The van der Waals surface area contributed by atoms with Gasteiger partial charge in [0.15, 0.2) is 0 Å². The van der Waals surface area contributed by atoms with E-state index in [1.165, 1.54) is 5.57 Å². The van der Waals surface area contributed by atoms with Crippen molar-refractivity contribution in [3.8, 4) is 0 Å². The number of allylic oxidation sites excluding steroid dienone is 7. The summed E-state index contributed by atoms with van der Waals surface area (Å²) in [5.74, 6) is 0. The van der Waals surface area contributed by atoms with Crippen LogP contribution in [0.25, 0.3) is 0 Å². The van der Waals surface area contributed by atoms with Gasteiger partial charge >= 0.3 is 0 Å². The maximum atomic E-state index is 3.59. The summed E-state index contributed by atoms with van der Waals surface area (Å²) < 4.78 is 0. The Balaban J connectivity index is 4.10. The zero-order chi connectivity index (χ0) is 7.82. The number of hydrogen-bond donors (Lipinski definition) is 0. The molecule has 0 bridgehead atoms. The summed E-state index contributed by atoms with van der Waals surface area (Å²) >= 11 is 0. The molecule has 0 N–H and O–H groups in total. The van der Waals surface area contributed by atoms with Crippen molar-refractivity contribution in [3.05, 3.63) is 48.6 Å². The quantitative estimate of drug-likeness (QED) is 0.520. The molecule has 0 aliphatic heterocycles. The first-order valence-corrected chi connectivity index (χ1v) is 3.43. The van der Waals surface area contributed by atoms with Crippen LogP contribution < -0.4 is 0 Å². The monoisotopic (exact) mass is 134 g/mol. The molecule has 54 valence electrons. The number of rotatable bonds is 3. The van der Waals surface area contributed by atoms with Crippen molar-refractivity contribution in [1.29, 1.82) is 0 Å². The van der Waals surface area contributed by atoms with Crippen LogP contribution in [0.2, 0.25) is 0 Å². The van der Waals surface area contributed by atoms with Crippen LogP contribution in [0.3, 0.4) is 0 Å². The fourth-order valence-corrected chi connectivity index (χ4v) is 0.620. The average Bonchev–Trinajstić information content (AvgIpc) is 1.98. The molecule has 0 saturated heterocycles. The van der Waals surface area contributed by atoms with E-state index in [0.29, 0.717) is 0 Å². The van der Waals surface area contributed by atoms with Crippen LogP contribution in [-0.2, 0) is 0 Å². The van der Waals surface area contributed by atoms with Gasteiger partial charge in [0.1, 0.15) is 0 Å². The second-order valence-electron chi connectivity index (χ2n) is 1.88. The summed E-state index contributed by atoms with van der Waals surface area (Å²) in [4.78, 5) is 0. The lowest BCUT2D eigenvalue weighted by Gasteiger charge is -1.87. The van der Waals surface area contributed by atoms with Crippen molar-refractivity contribution in [2.45, 2.75) is 13.8 Å². The minimum atomic E-state index is 1.21. The van der Waals surface area contributed by atoms with Gasteiger partial charge in [-0.05, 0) is 19.4 Å². The predicted molar refractivity (Wildman–Crippen MR) is 47.9 cm³/mol. The van der Waals surface area contributed by atoms with E-state index in [2.05, 4.69) is 18.7 Å². The maximum Gasteiger partial charge on any atom is -0.0303 e. The van der Waals surface area contributed by atoms with Crippen LogP contribution in [0.4, 0.5) is 0 Å². The van der Waals surface area contributed by atoms with Crippen LogP contribution in [0.1, 0.15) is 13.8 Å². The van der Waals surface area contributed by atoms with Gasteiger partial charge in [-0.1, -0.05) is 43.0 Å². The highest BCUT2D eigenvalue weighted by Gasteiger charge is 1.77. The van der Waals surface area contributed by atoms with E-state index >= 15 is 0 Å². The third-order valence-electron chi connectivity index (χ3n) is 1.12. The lowest BCUT2D eigenvalue weighted by Crippen LogP contribution is -1.66. The van der Waals surface area contributed by atoms with Crippen molar-refractivity contribution in [2.24, 2.45) is 0 Å². The summed E-state index contributed by atoms with van der Waals surface area (Å²) in [6, 6.07) is 0. The molecule has 0 atom stereocenters. The molecule has 0 saturated carbocycles. The van der Waals surface area contributed by atoms with Gasteiger partial charge in [0, 0.05) is 0 Å². The van der Waals surface area contributed by atoms with E-state index in [4.69, 9.17) is 0 Å². The van der Waals surface area contributed by atoms with Crippen molar-refractivity contribution < 1.29 is 0 Å². The molecule has 0 heterocycles. The normalized spacial score (nSPS) is 13.2. The minimum absolute atomic E-state index is 1.21. The van der Waals surface area contributed by atoms with Crippen LogP contribution >= 0.6 is 0 Å². The van der Waals surface area contributed by atoms with E-state index in [1.54, 1.807) is 6.08 Å². The molecule has 0 aliphatic rings. The van der Waals surface area contributed by atoms with Crippen LogP contribution in [0, 0.1) is 0 Å². The van der Waals surface area contributed by atoms with Crippen LogP contribution in [0.5, 0.6) is 0 Å². The van der Waals surface area contributed by atoms with E-state index < -0.39 is 0 Å². The van der Waals surface area contributed by atoms with Crippen LogP contribution in [-0.4, -0.2) is 0 Å². The van der Waals surface area contributed by atoms with Gasteiger partial charge in [0.25, 0.3) is 0 Å². The zero-order valence-electron chi connectivity index (χ0n) is 6.67. The van der Waals surface area contributed by atoms with Gasteiger partial charge < -0.3 is 0 Å². The summed E-state index contributed by atoms with van der Waals surface area (Å²) in [6.45, 7) is 7.61. The number of hydrogen-bond acceptors (Lipinski definition) is 0. The molecule has 0 amide bonds. The van der Waals surface area contributed by atoms with E-state index in [0.717, 1.165) is 0 Å². The zero-order valence-corrected chi connectivity index (χ0v) is 6.67. The molecule has 0 spiro atoms. The first kappa shape index (κ1) is 8.96. The van der Waals surface area contributed by atoms with Crippen LogP contribution in [0.15, 0.2) is 48.6 Å². The van der Waals surface area contributed by atoms with Gasteiger partial charge in [0.2, 0.25) is 0 Å². The Hall–Kier alpha value is -1.04. The Labute approximate surface area is 63.3 Å². The highest BCUT2D eigenvalue weighted by Crippen LogP contribution is 1.98. The Kier molecular flexibility index (Phi) is 5.45. The third kappa shape index (κ3) is 3.90. The van der Waals surface area contributed by atoms with E-state index in [-0.39, 0.29) is 0 Å². The standard InChI is InChI=1S/C10H14/c1-4-7-9-10(6-3)8-5-2/h4-9H,1H2,2-3H3/b8-5+,9-7-,10-6-. The Morgan fingerprint density at radius 3 is 2.30 bits per heavy atom. The smallest absolute Gasteiger partial charge is 0.0303 e. The third-order valence-corrected chi connectivity index (χ3v) is 1.12. The predicted octanol–water partition coefficient (Wildman–Crippen LogP) is 3.25. The largest absolute Gasteiger partial charge is 0.0991 e. The molecule has 0 nitrogen and oxygen atoms in total. The van der Waals surface area contributed by atoms with Gasteiger partial charge in [-0.25, -0.2) is 0 Å². The Morgan fingerprint density at radius 2 is 1.90 bits per heavy atom. The first-order chi connectivity index (χ1) is 4.85. The lowest BCUT2D eigenvalue weighted by atomic mass is 10.2. The topological polar surface area (TPSA) is 0 Å². The van der Waals surface area contributed by atoms with Crippen molar-refractivity contribution in [1.82, 2.24) is 0 Å². The second kappa shape index (κ2) is 6.09. The second-order valence-corrected chi connectivity index (χ2v) is 1.88. The summed E-state index contributed by atoms with van der Waals surface area (Å²) in [7, 11) is 0. The van der Waals surface area contributed by atoms with Crippen molar-refractivity contribution >= 4 is 0 Å². The molecule has 10 heavy (non-hydrogen) atoms. The highest BCUT2D eigenvalue weighted by atomic mass is 13.8.